The highest BCUT2D eigenvalue weighted by atomic mass is 16.4. The second kappa shape index (κ2) is 2.98. The van der Waals surface area contributed by atoms with Gasteiger partial charge in [-0.2, -0.15) is 0 Å². The van der Waals surface area contributed by atoms with E-state index in [-0.39, 0.29) is 17.1 Å². The third-order valence-electron chi connectivity index (χ3n) is 2.86. The Labute approximate surface area is 82.5 Å². The van der Waals surface area contributed by atoms with Crippen LogP contribution in [0.3, 0.4) is 0 Å². The summed E-state index contributed by atoms with van der Waals surface area (Å²) in [6, 6.07) is 0. The molecule has 0 bridgehead atoms. The lowest BCUT2D eigenvalue weighted by atomic mass is 9.73. The Morgan fingerprint density at radius 2 is 2.36 bits per heavy atom. The Bertz CT molecular complexity index is 389. The Hall–Kier alpha value is -1.03. The Morgan fingerprint density at radius 1 is 1.64 bits per heavy atom. The van der Waals surface area contributed by atoms with Gasteiger partial charge in [-0.15, -0.1) is 0 Å². The van der Waals surface area contributed by atoms with Gasteiger partial charge < -0.3 is 10.2 Å². The molecule has 4 nitrogen and oxygen atoms in total. The largest absolute Gasteiger partial charge is 0.416 e. The van der Waals surface area contributed by atoms with E-state index in [1.807, 2.05) is 0 Å². The van der Waals surface area contributed by atoms with Crippen molar-refractivity contribution in [2.45, 2.75) is 32.6 Å². The molecule has 0 radical (unpaired) electrons. The highest BCUT2D eigenvalue weighted by Crippen LogP contribution is 2.40. The third-order valence-corrected chi connectivity index (χ3v) is 2.86. The van der Waals surface area contributed by atoms with Crippen LogP contribution in [0.1, 0.15) is 37.6 Å². The van der Waals surface area contributed by atoms with E-state index < -0.39 is 0 Å². The number of hydrogen-bond donors (Lipinski definition) is 2. The molecule has 1 aliphatic rings. The van der Waals surface area contributed by atoms with Gasteiger partial charge in [-0.1, -0.05) is 13.8 Å². The molecule has 4 heteroatoms. The van der Waals surface area contributed by atoms with Crippen LogP contribution in [0.2, 0.25) is 0 Å². The van der Waals surface area contributed by atoms with Crippen molar-refractivity contribution in [1.82, 2.24) is 4.98 Å². The van der Waals surface area contributed by atoms with Crippen molar-refractivity contribution in [3.05, 3.63) is 22.0 Å². The molecule has 2 rings (SSSR count). The molecule has 1 aromatic rings. The molecule has 0 spiro atoms. The first-order valence-electron chi connectivity index (χ1n) is 4.94. The monoisotopic (exact) mass is 196 g/mol. The lowest BCUT2D eigenvalue weighted by Gasteiger charge is -2.32. The summed E-state index contributed by atoms with van der Waals surface area (Å²) >= 11 is 0. The fourth-order valence-corrected chi connectivity index (χ4v) is 2.33. The van der Waals surface area contributed by atoms with Crippen LogP contribution in [-0.4, -0.2) is 11.5 Å². The normalized spacial score (nSPS) is 24.6. The van der Waals surface area contributed by atoms with Gasteiger partial charge in [0.25, 0.3) is 0 Å². The van der Waals surface area contributed by atoms with Crippen molar-refractivity contribution in [1.29, 1.82) is 0 Å². The highest BCUT2D eigenvalue weighted by molar-refractivity contribution is 5.19. The van der Waals surface area contributed by atoms with Crippen molar-refractivity contribution >= 4 is 0 Å². The molecule has 1 unspecified atom stereocenters. The van der Waals surface area contributed by atoms with Gasteiger partial charge >= 0.3 is 5.76 Å². The van der Waals surface area contributed by atoms with Crippen molar-refractivity contribution < 1.29 is 4.42 Å². The molecule has 78 valence electrons. The Morgan fingerprint density at radius 3 is 3.00 bits per heavy atom. The highest BCUT2D eigenvalue weighted by Gasteiger charge is 2.34. The number of aromatic amines is 1. The fourth-order valence-electron chi connectivity index (χ4n) is 2.33. The summed E-state index contributed by atoms with van der Waals surface area (Å²) in [4.78, 5) is 13.8. The molecule has 0 fully saturated rings. The van der Waals surface area contributed by atoms with Crippen molar-refractivity contribution in [3.63, 3.8) is 0 Å². The quantitative estimate of drug-likeness (QED) is 0.703. The Kier molecular flexibility index (Phi) is 2.03. The average Bonchev–Trinajstić information content (AvgIpc) is 2.41. The molecule has 1 atom stereocenters. The molecule has 1 aliphatic carbocycles. The molecule has 1 heterocycles. The number of oxazole rings is 1. The lowest BCUT2D eigenvalue weighted by molar-refractivity contribution is 0.255. The second-order valence-electron chi connectivity index (χ2n) is 4.84. The first kappa shape index (κ1) is 9.52. The van der Waals surface area contributed by atoms with Gasteiger partial charge in [-0.25, -0.2) is 4.79 Å². The maximum absolute atomic E-state index is 11.1. The van der Waals surface area contributed by atoms with Crippen LogP contribution < -0.4 is 11.5 Å². The first-order valence-corrected chi connectivity index (χ1v) is 4.94. The van der Waals surface area contributed by atoms with Crippen LogP contribution in [0.15, 0.2) is 9.21 Å². The minimum absolute atomic E-state index is 0.188. The average molecular weight is 196 g/mol. The van der Waals surface area contributed by atoms with E-state index in [0.717, 1.165) is 24.3 Å². The van der Waals surface area contributed by atoms with Gasteiger partial charge in [0.2, 0.25) is 0 Å². The van der Waals surface area contributed by atoms with E-state index in [0.29, 0.717) is 6.54 Å². The molecule has 0 aliphatic heterocycles. The zero-order valence-electron chi connectivity index (χ0n) is 8.59. The van der Waals surface area contributed by atoms with Gasteiger partial charge in [0.1, 0.15) is 5.76 Å². The zero-order valence-corrected chi connectivity index (χ0v) is 8.59. The first-order chi connectivity index (χ1) is 6.52. The second-order valence-corrected chi connectivity index (χ2v) is 4.84. The van der Waals surface area contributed by atoms with Gasteiger partial charge in [-0.3, -0.25) is 4.98 Å². The third kappa shape index (κ3) is 1.50. The summed E-state index contributed by atoms with van der Waals surface area (Å²) < 4.78 is 5.11. The molecule has 3 N–H and O–H groups in total. The topological polar surface area (TPSA) is 72.0 Å². The summed E-state index contributed by atoms with van der Waals surface area (Å²) in [6.07, 6.45) is 1.85. The SMILES string of the molecule is CC1(C)Cc2[nH]c(=O)oc2C(CN)C1. The van der Waals surface area contributed by atoms with Crippen LogP contribution >= 0.6 is 0 Å². The van der Waals surface area contributed by atoms with E-state index in [1.54, 1.807) is 0 Å². The van der Waals surface area contributed by atoms with E-state index in [9.17, 15) is 4.79 Å². The summed E-state index contributed by atoms with van der Waals surface area (Å²) in [5, 5.41) is 0. The maximum Gasteiger partial charge on any atom is 0.416 e. The number of fused-ring (bicyclic) bond motifs is 1. The summed E-state index contributed by atoms with van der Waals surface area (Å²) in [5.41, 5.74) is 6.80. The fraction of sp³-hybridized carbons (Fsp3) is 0.700. The molecule has 0 saturated carbocycles. The lowest BCUT2D eigenvalue weighted by Crippen LogP contribution is -2.28. The van der Waals surface area contributed by atoms with Crippen LogP contribution in [0.4, 0.5) is 0 Å². The molecule has 0 saturated heterocycles. The number of aromatic nitrogens is 1. The van der Waals surface area contributed by atoms with Crippen LogP contribution in [0, 0.1) is 5.41 Å². The summed E-state index contributed by atoms with van der Waals surface area (Å²) in [5.74, 6) is 0.607. The van der Waals surface area contributed by atoms with E-state index >= 15 is 0 Å². The number of nitrogens with one attached hydrogen (secondary N) is 1. The number of H-pyrrole nitrogens is 1. The molecular formula is C10H16N2O2. The summed E-state index contributed by atoms with van der Waals surface area (Å²) in [7, 11) is 0. The van der Waals surface area contributed by atoms with Gasteiger partial charge in [0, 0.05) is 12.5 Å². The van der Waals surface area contributed by atoms with E-state index in [4.69, 9.17) is 10.2 Å². The number of rotatable bonds is 1. The zero-order chi connectivity index (χ0) is 10.3. The van der Waals surface area contributed by atoms with Gasteiger partial charge in [0.05, 0.1) is 5.69 Å². The minimum Gasteiger partial charge on any atom is -0.412 e. The maximum atomic E-state index is 11.1. The molecule has 14 heavy (non-hydrogen) atoms. The number of nitrogens with two attached hydrogens (primary N) is 1. The molecule has 0 amide bonds. The van der Waals surface area contributed by atoms with Gasteiger partial charge in [-0.05, 0) is 18.3 Å². The molecule has 0 aromatic carbocycles. The summed E-state index contributed by atoms with van der Waals surface area (Å²) in [6.45, 7) is 4.91. The van der Waals surface area contributed by atoms with E-state index in [2.05, 4.69) is 18.8 Å². The van der Waals surface area contributed by atoms with Crippen molar-refractivity contribution in [2.24, 2.45) is 11.1 Å². The van der Waals surface area contributed by atoms with Crippen molar-refractivity contribution in [2.75, 3.05) is 6.54 Å². The van der Waals surface area contributed by atoms with Crippen LogP contribution in [-0.2, 0) is 6.42 Å². The van der Waals surface area contributed by atoms with E-state index in [1.165, 1.54) is 0 Å². The standard InChI is InChI=1S/C10H16N2O2/c1-10(2)3-6(5-11)8-7(4-10)12-9(13)14-8/h6H,3-5,11H2,1-2H3,(H,12,13). The van der Waals surface area contributed by atoms with Crippen LogP contribution in [0.5, 0.6) is 0 Å². The van der Waals surface area contributed by atoms with Gasteiger partial charge in [0.15, 0.2) is 0 Å². The van der Waals surface area contributed by atoms with Crippen LogP contribution in [0.25, 0.3) is 0 Å². The molecular weight excluding hydrogens is 180 g/mol. The van der Waals surface area contributed by atoms with Crippen molar-refractivity contribution in [3.8, 4) is 0 Å². The molecule has 1 aromatic heterocycles. The minimum atomic E-state index is -0.355. The predicted molar refractivity (Wildman–Crippen MR) is 53.2 cm³/mol. The Balaban J connectivity index is 2.45. The smallest absolute Gasteiger partial charge is 0.412 e. The number of hydrogen-bond acceptors (Lipinski definition) is 3. The predicted octanol–water partition coefficient (Wildman–Crippen LogP) is 0.983.